The van der Waals surface area contributed by atoms with E-state index >= 15 is 0 Å². The maximum atomic E-state index is 14.7. The molecule has 15 heteroatoms. The Balaban J connectivity index is 1.42. The summed E-state index contributed by atoms with van der Waals surface area (Å²) in [6.07, 6.45) is -6.65. The first-order valence-corrected chi connectivity index (χ1v) is 12.2. The summed E-state index contributed by atoms with van der Waals surface area (Å²) < 4.78 is 83.2. The van der Waals surface area contributed by atoms with E-state index in [9.17, 15) is 35.9 Å². The highest BCUT2D eigenvalue weighted by Crippen LogP contribution is 2.44. The Morgan fingerprint density at radius 2 is 1.87 bits per heavy atom. The molecule has 1 aromatic carbocycles. The second-order valence-corrected chi connectivity index (χ2v) is 10.2. The van der Waals surface area contributed by atoms with Crippen LogP contribution in [0.25, 0.3) is 16.8 Å². The number of alkyl halides is 6. The highest BCUT2D eigenvalue weighted by molar-refractivity contribution is 6.34. The summed E-state index contributed by atoms with van der Waals surface area (Å²) in [6, 6.07) is 2.39. The quantitative estimate of drug-likeness (QED) is 0.453. The van der Waals surface area contributed by atoms with Crippen molar-refractivity contribution in [1.82, 2.24) is 24.8 Å². The zero-order valence-corrected chi connectivity index (χ0v) is 21.0. The number of hydrogen-bond donors (Lipinski definition) is 2. The highest BCUT2D eigenvalue weighted by Gasteiger charge is 2.51. The molecule has 3 heterocycles. The molecule has 3 aromatic rings. The monoisotopic (exact) mass is 574 g/mol. The van der Waals surface area contributed by atoms with Gasteiger partial charge in [0.15, 0.2) is 5.82 Å². The number of halogens is 7. The molecule has 3 N–H and O–H groups in total. The minimum absolute atomic E-state index is 0.0136. The Bertz CT molecular complexity index is 1480. The van der Waals surface area contributed by atoms with E-state index in [-0.39, 0.29) is 34.9 Å². The number of carbonyl (C=O) groups excluding carboxylic acids is 2. The Kier molecular flexibility index (Phi) is 6.43. The van der Waals surface area contributed by atoms with Crippen molar-refractivity contribution >= 4 is 34.7 Å². The first kappa shape index (κ1) is 27.0. The van der Waals surface area contributed by atoms with Gasteiger partial charge in [-0.05, 0) is 30.7 Å². The normalized spacial score (nSPS) is 21.3. The zero-order valence-electron chi connectivity index (χ0n) is 20.2. The largest absolute Gasteiger partial charge is 0.418 e. The number of carbonyl (C=O) groups is 2. The van der Waals surface area contributed by atoms with Gasteiger partial charge in [0.2, 0.25) is 11.8 Å². The number of benzene rings is 1. The molecule has 0 spiro atoms. The van der Waals surface area contributed by atoms with Gasteiger partial charge >= 0.3 is 6.18 Å². The first-order valence-electron chi connectivity index (χ1n) is 11.8. The standard InChI is InChI=1S/C24H21ClF6N6O2/c1-10-2-11(17-4-14(24(29,30)31)19-20(32)33-9-34-37(17)19)3-13(18(10)25)21(38)35-16-8-36(7-15(16)26)22(39)12-5-23(27,28)6-12/h2-4,9,12,15-16H,5-8H2,1H3,(H,35,38)(H2,32,33,34)/t15-,16+/m0/s1. The van der Waals surface area contributed by atoms with Crippen molar-refractivity contribution in [1.29, 1.82) is 0 Å². The molecular formula is C24H21ClF6N6O2. The van der Waals surface area contributed by atoms with Gasteiger partial charge in [0.05, 0.1) is 34.4 Å². The van der Waals surface area contributed by atoms with Crippen LogP contribution in [0.15, 0.2) is 24.5 Å². The molecule has 0 radical (unpaired) electrons. The molecule has 1 saturated carbocycles. The van der Waals surface area contributed by atoms with Crippen LogP contribution in [-0.2, 0) is 11.0 Å². The molecule has 2 atom stereocenters. The minimum atomic E-state index is -4.78. The van der Waals surface area contributed by atoms with Crippen LogP contribution in [0.4, 0.5) is 32.2 Å². The fourth-order valence-corrected chi connectivity index (χ4v) is 5.19. The molecule has 5 rings (SSSR count). The highest BCUT2D eigenvalue weighted by atomic mass is 35.5. The van der Waals surface area contributed by atoms with Crippen LogP contribution in [0.3, 0.4) is 0 Å². The third-order valence-electron chi connectivity index (χ3n) is 7.00. The second kappa shape index (κ2) is 9.28. The lowest BCUT2D eigenvalue weighted by Gasteiger charge is -2.36. The molecule has 2 aliphatic rings. The Hall–Kier alpha value is -3.55. The van der Waals surface area contributed by atoms with Crippen molar-refractivity contribution in [2.24, 2.45) is 5.92 Å². The van der Waals surface area contributed by atoms with Gasteiger partial charge in [0, 0.05) is 30.9 Å². The lowest BCUT2D eigenvalue weighted by molar-refractivity contribution is -0.159. The van der Waals surface area contributed by atoms with Crippen molar-refractivity contribution in [3.63, 3.8) is 0 Å². The number of aryl methyl sites for hydroxylation is 1. The van der Waals surface area contributed by atoms with Crippen molar-refractivity contribution in [2.75, 3.05) is 18.8 Å². The van der Waals surface area contributed by atoms with E-state index in [0.29, 0.717) is 5.56 Å². The van der Waals surface area contributed by atoms with E-state index in [1.807, 2.05) is 0 Å². The summed E-state index contributed by atoms with van der Waals surface area (Å²) in [5.74, 6) is -5.63. The molecule has 2 amide bonds. The molecule has 1 aliphatic heterocycles. The summed E-state index contributed by atoms with van der Waals surface area (Å²) in [7, 11) is 0. The predicted molar refractivity (Wildman–Crippen MR) is 128 cm³/mol. The summed E-state index contributed by atoms with van der Waals surface area (Å²) in [5, 5.41) is 6.35. The van der Waals surface area contributed by atoms with Gasteiger partial charge in [-0.15, -0.1) is 0 Å². The molecule has 2 fully saturated rings. The Labute approximate surface area is 222 Å². The summed E-state index contributed by atoms with van der Waals surface area (Å²) >= 11 is 6.34. The first-order chi connectivity index (χ1) is 18.2. The van der Waals surface area contributed by atoms with E-state index in [1.54, 1.807) is 0 Å². The molecule has 39 heavy (non-hydrogen) atoms. The van der Waals surface area contributed by atoms with Crippen molar-refractivity contribution in [3.05, 3.63) is 46.2 Å². The number of likely N-dealkylation sites (tertiary alicyclic amines) is 1. The predicted octanol–water partition coefficient (Wildman–Crippen LogP) is 4.28. The van der Waals surface area contributed by atoms with Crippen molar-refractivity contribution < 1.29 is 35.9 Å². The second-order valence-electron chi connectivity index (χ2n) is 9.80. The van der Waals surface area contributed by atoms with E-state index in [0.717, 1.165) is 21.8 Å². The molecule has 0 bridgehead atoms. The molecule has 2 aromatic heterocycles. The average Bonchev–Trinajstić information content (AvgIpc) is 3.40. The third kappa shape index (κ3) is 4.85. The Morgan fingerprint density at radius 3 is 2.51 bits per heavy atom. The van der Waals surface area contributed by atoms with Crippen LogP contribution in [-0.4, -0.2) is 62.5 Å². The maximum Gasteiger partial charge on any atom is 0.418 e. The van der Waals surface area contributed by atoms with Gasteiger partial charge < -0.3 is 16.0 Å². The lowest BCUT2D eigenvalue weighted by Crippen LogP contribution is -2.47. The Morgan fingerprint density at radius 1 is 1.18 bits per heavy atom. The minimum Gasteiger partial charge on any atom is -0.382 e. The van der Waals surface area contributed by atoms with Crippen molar-refractivity contribution in [3.8, 4) is 11.3 Å². The average molecular weight is 575 g/mol. The van der Waals surface area contributed by atoms with Gasteiger partial charge in [0.1, 0.15) is 18.0 Å². The lowest BCUT2D eigenvalue weighted by atomic mass is 9.80. The molecule has 1 aliphatic carbocycles. The number of nitrogens with one attached hydrogen (secondary N) is 1. The third-order valence-corrected chi connectivity index (χ3v) is 7.50. The van der Waals surface area contributed by atoms with Gasteiger partial charge in [0.25, 0.3) is 5.91 Å². The SMILES string of the molecule is Cc1cc(-c2cc(C(F)(F)F)c3c(N)ncnn23)cc(C(=O)N[C@@H]2CN(C(=O)C3CC(F)(F)C3)C[C@@H]2F)c1Cl. The summed E-state index contributed by atoms with van der Waals surface area (Å²) in [5.41, 5.74) is 4.47. The van der Waals surface area contributed by atoms with Gasteiger partial charge in [-0.2, -0.15) is 18.3 Å². The maximum absolute atomic E-state index is 14.7. The van der Waals surface area contributed by atoms with E-state index < -0.39 is 71.8 Å². The van der Waals surface area contributed by atoms with Crippen molar-refractivity contribution in [2.45, 2.75) is 44.1 Å². The number of amides is 2. The van der Waals surface area contributed by atoms with E-state index in [2.05, 4.69) is 15.4 Å². The number of hydrogen-bond acceptors (Lipinski definition) is 5. The van der Waals surface area contributed by atoms with Crippen LogP contribution in [0.1, 0.15) is 34.3 Å². The van der Waals surface area contributed by atoms with E-state index in [1.165, 1.54) is 19.1 Å². The van der Waals surface area contributed by atoms with Gasteiger partial charge in [-0.25, -0.2) is 22.7 Å². The number of nitrogens with zero attached hydrogens (tertiary/aromatic N) is 4. The van der Waals surface area contributed by atoms with Crippen LogP contribution in [0, 0.1) is 12.8 Å². The molecule has 0 unspecified atom stereocenters. The molecule has 1 saturated heterocycles. The fraction of sp³-hybridized carbons (Fsp3) is 0.417. The number of aromatic nitrogens is 3. The van der Waals surface area contributed by atoms with Gasteiger partial charge in [-0.1, -0.05) is 11.6 Å². The number of rotatable bonds is 4. The number of nitrogen functional groups attached to an aromatic ring is 1. The number of fused-ring (bicyclic) bond motifs is 1. The van der Waals surface area contributed by atoms with Gasteiger partial charge in [-0.3, -0.25) is 9.59 Å². The number of nitrogens with two attached hydrogens (primary N) is 1. The summed E-state index contributed by atoms with van der Waals surface area (Å²) in [6.45, 7) is 0.948. The smallest absolute Gasteiger partial charge is 0.382 e. The van der Waals surface area contributed by atoms with Crippen LogP contribution in [0.2, 0.25) is 5.02 Å². The molecule has 208 valence electrons. The van der Waals surface area contributed by atoms with Crippen LogP contribution >= 0.6 is 11.6 Å². The number of anilines is 1. The van der Waals surface area contributed by atoms with Crippen LogP contribution < -0.4 is 11.1 Å². The topological polar surface area (TPSA) is 106 Å². The molecular weight excluding hydrogens is 554 g/mol. The van der Waals surface area contributed by atoms with Crippen LogP contribution in [0.5, 0.6) is 0 Å². The molecule has 8 nitrogen and oxygen atoms in total. The zero-order chi connectivity index (χ0) is 28.4. The van der Waals surface area contributed by atoms with E-state index in [4.69, 9.17) is 17.3 Å². The fourth-order valence-electron chi connectivity index (χ4n) is 4.99. The summed E-state index contributed by atoms with van der Waals surface area (Å²) in [4.78, 5) is 30.3.